The van der Waals surface area contributed by atoms with Gasteiger partial charge in [-0.15, -0.1) is 0 Å². The third kappa shape index (κ3) is 4.49. The summed E-state index contributed by atoms with van der Waals surface area (Å²) in [6.07, 6.45) is 2.19. The van der Waals surface area contributed by atoms with Crippen LogP contribution in [0.5, 0.6) is 0 Å². The first-order valence-corrected chi connectivity index (χ1v) is 5.60. The summed E-state index contributed by atoms with van der Waals surface area (Å²) in [6, 6.07) is 4.61. The van der Waals surface area contributed by atoms with E-state index in [4.69, 9.17) is 10.5 Å². The first kappa shape index (κ1) is 12.8. The van der Waals surface area contributed by atoms with Crippen LogP contribution in [0.3, 0.4) is 0 Å². The Morgan fingerprint density at radius 1 is 1.38 bits per heavy atom. The van der Waals surface area contributed by atoms with Gasteiger partial charge in [-0.3, -0.25) is 0 Å². The molecular formula is C12H19FN2O. The summed E-state index contributed by atoms with van der Waals surface area (Å²) in [7, 11) is 0. The molecule has 0 heterocycles. The normalized spacial score (nSPS) is 10.4. The fraction of sp³-hybridized carbons (Fsp3) is 0.500. The van der Waals surface area contributed by atoms with Crippen molar-refractivity contribution in [2.45, 2.75) is 19.8 Å². The van der Waals surface area contributed by atoms with Crippen molar-refractivity contribution in [2.24, 2.45) is 0 Å². The van der Waals surface area contributed by atoms with E-state index in [0.717, 1.165) is 19.4 Å². The lowest BCUT2D eigenvalue weighted by molar-refractivity contribution is 0.141. The fourth-order valence-electron chi connectivity index (χ4n) is 1.28. The van der Waals surface area contributed by atoms with E-state index < -0.39 is 0 Å². The number of ether oxygens (including phenoxy) is 1. The molecule has 0 saturated carbocycles. The molecule has 4 heteroatoms. The smallest absolute Gasteiger partial charge is 0.148 e. The lowest BCUT2D eigenvalue weighted by atomic mass is 10.2. The van der Waals surface area contributed by atoms with Gasteiger partial charge in [-0.05, 0) is 24.6 Å². The third-order valence-corrected chi connectivity index (χ3v) is 2.20. The summed E-state index contributed by atoms with van der Waals surface area (Å²) < 4.78 is 18.6. The van der Waals surface area contributed by atoms with Crippen molar-refractivity contribution in [3.63, 3.8) is 0 Å². The number of rotatable bonds is 7. The molecule has 1 aromatic carbocycles. The molecule has 1 rings (SSSR count). The number of halogens is 1. The third-order valence-electron chi connectivity index (χ3n) is 2.20. The van der Waals surface area contributed by atoms with Crippen molar-refractivity contribution in [1.29, 1.82) is 0 Å². The van der Waals surface area contributed by atoms with Crippen LogP contribution in [0.1, 0.15) is 19.8 Å². The molecule has 0 spiro atoms. The van der Waals surface area contributed by atoms with Crippen LogP contribution < -0.4 is 11.1 Å². The van der Waals surface area contributed by atoms with Crippen molar-refractivity contribution < 1.29 is 9.13 Å². The lowest BCUT2D eigenvalue weighted by Crippen LogP contribution is -2.11. The molecule has 0 saturated heterocycles. The summed E-state index contributed by atoms with van der Waals surface area (Å²) in [5.41, 5.74) is 6.34. The molecule has 0 unspecified atom stereocenters. The largest absolute Gasteiger partial charge is 0.399 e. The minimum absolute atomic E-state index is 0.325. The van der Waals surface area contributed by atoms with Gasteiger partial charge in [0.1, 0.15) is 5.82 Å². The highest BCUT2D eigenvalue weighted by molar-refractivity contribution is 5.52. The number of anilines is 2. The van der Waals surface area contributed by atoms with E-state index in [-0.39, 0.29) is 5.82 Å². The van der Waals surface area contributed by atoms with Gasteiger partial charge in [0, 0.05) is 18.8 Å². The number of nitrogens with two attached hydrogens (primary N) is 1. The minimum atomic E-state index is -0.325. The fourth-order valence-corrected chi connectivity index (χ4v) is 1.28. The summed E-state index contributed by atoms with van der Waals surface area (Å²) in [6.45, 7) is 4.07. The van der Waals surface area contributed by atoms with Crippen molar-refractivity contribution in [3.05, 3.63) is 24.0 Å². The maximum absolute atomic E-state index is 13.3. The van der Waals surface area contributed by atoms with Crippen LogP contribution in [-0.4, -0.2) is 19.8 Å². The maximum atomic E-state index is 13.3. The predicted octanol–water partition coefficient (Wildman–Crippen LogP) is 2.64. The second-order valence-electron chi connectivity index (χ2n) is 3.63. The Morgan fingerprint density at radius 3 is 2.88 bits per heavy atom. The topological polar surface area (TPSA) is 47.3 Å². The van der Waals surface area contributed by atoms with E-state index >= 15 is 0 Å². The molecule has 0 fully saturated rings. The van der Waals surface area contributed by atoms with E-state index in [1.54, 1.807) is 12.1 Å². The summed E-state index contributed by atoms with van der Waals surface area (Å²) in [4.78, 5) is 0. The zero-order valence-electron chi connectivity index (χ0n) is 9.63. The zero-order valence-corrected chi connectivity index (χ0v) is 9.63. The molecule has 0 aliphatic carbocycles. The van der Waals surface area contributed by atoms with E-state index in [1.165, 1.54) is 6.07 Å². The van der Waals surface area contributed by atoms with E-state index in [2.05, 4.69) is 12.2 Å². The highest BCUT2D eigenvalue weighted by Gasteiger charge is 2.00. The SMILES string of the molecule is CCCCOCCNc1ccc(N)cc1F. The minimum Gasteiger partial charge on any atom is -0.399 e. The predicted molar refractivity (Wildman–Crippen MR) is 65.0 cm³/mol. The van der Waals surface area contributed by atoms with Crippen LogP contribution in [0.2, 0.25) is 0 Å². The van der Waals surface area contributed by atoms with Crippen LogP contribution in [0.25, 0.3) is 0 Å². The van der Waals surface area contributed by atoms with Crippen molar-refractivity contribution in [1.82, 2.24) is 0 Å². The molecule has 90 valence electrons. The number of hydrogen-bond acceptors (Lipinski definition) is 3. The average Bonchev–Trinajstić information content (AvgIpc) is 2.26. The molecule has 0 aromatic heterocycles. The number of nitrogen functional groups attached to an aromatic ring is 1. The number of hydrogen-bond donors (Lipinski definition) is 2. The van der Waals surface area contributed by atoms with Gasteiger partial charge in [0.25, 0.3) is 0 Å². The summed E-state index contributed by atoms with van der Waals surface area (Å²) >= 11 is 0. The number of benzene rings is 1. The van der Waals surface area contributed by atoms with E-state index in [0.29, 0.717) is 24.5 Å². The van der Waals surface area contributed by atoms with Crippen LogP contribution in [0.4, 0.5) is 15.8 Å². The number of nitrogens with one attached hydrogen (secondary N) is 1. The lowest BCUT2D eigenvalue weighted by Gasteiger charge is -2.08. The van der Waals surface area contributed by atoms with Crippen LogP contribution in [0, 0.1) is 5.82 Å². The second-order valence-corrected chi connectivity index (χ2v) is 3.63. The van der Waals surface area contributed by atoms with Gasteiger partial charge in [0.05, 0.1) is 12.3 Å². The quantitative estimate of drug-likeness (QED) is 0.555. The average molecular weight is 226 g/mol. The van der Waals surface area contributed by atoms with E-state index in [9.17, 15) is 4.39 Å². The molecule has 3 nitrogen and oxygen atoms in total. The Labute approximate surface area is 95.8 Å². The molecule has 1 aromatic rings. The van der Waals surface area contributed by atoms with Gasteiger partial charge in [-0.25, -0.2) is 4.39 Å². The van der Waals surface area contributed by atoms with Crippen molar-refractivity contribution in [2.75, 3.05) is 30.8 Å². The molecule has 3 N–H and O–H groups in total. The zero-order chi connectivity index (χ0) is 11.8. The highest BCUT2D eigenvalue weighted by Crippen LogP contribution is 2.16. The molecule has 0 bridgehead atoms. The van der Waals surface area contributed by atoms with Crippen LogP contribution in [0.15, 0.2) is 18.2 Å². The molecule has 0 amide bonds. The van der Waals surface area contributed by atoms with Gasteiger partial charge in [-0.2, -0.15) is 0 Å². The van der Waals surface area contributed by atoms with Crippen molar-refractivity contribution >= 4 is 11.4 Å². The Hall–Kier alpha value is -1.29. The van der Waals surface area contributed by atoms with Crippen LogP contribution in [-0.2, 0) is 4.74 Å². The first-order valence-electron chi connectivity index (χ1n) is 5.60. The van der Waals surface area contributed by atoms with Gasteiger partial charge < -0.3 is 15.8 Å². The molecule has 0 aliphatic heterocycles. The van der Waals surface area contributed by atoms with Crippen molar-refractivity contribution in [3.8, 4) is 0 Å². The summed E-state index contributed by atoms with van der Waals surface area (Å²) in [5, 5.41) is 2.96. The number of unbranched alkanes of at least 4 members (excludes halogenated alkanes) is 1. The Balaban J connectivity index is 2.21. The van der Waals surface area contributed by atoms with Gasteiger partial charge in [0.2, 0.25) is 0 Å². The standard InChI is InChI=1S/C12H19FN2O/c1-2-3-7-16-8-6-15-12-5-4-10(14)9-11(12)13/h4-5,9,15H,2-3,6-8,14H2,1H3. The molecular weight excluding hydrogens is 207 g/mol. The van der Waals surface area contributed by atoms with Crippen LogP contribution >= 0.6 is 0 Å². The molecule has 0 aliphatic rings. The maximum Gasteiger partial charge on any atom is 0.148 e. The molecule has 0 radical (unpaired) electrons. The summed E-state index contributed by atoms with van der Waals surface area (Å²) in [5.74, 6) is -0.325. The van der Waals surface area contributed by atoms with Gasteiger partial charge in [0.15, 0.2) is 0 Å². The Kier molecular flexibility index (Phi) is 5.64. The Bertz CT molecular complexity index is 318. The van der Waals surface area contributed by atoms with E-state index in [1.807, 2.05) is 0 Å². The monoisotopic (exact) mass is 226 g/mol. The molecule has 0 atom stereocenters. The second kappa shape index (κ2) is 7.06. The highest BCUT2D eigenvalue weighted by atomic mass is 19.1. The van der Waals surface area contributed by atoms with Gasteiger partial charge in [-0.1, -0.05) is 13.3 Å². The Morgan fingerprint density at radius 2 is 2.19 bits per heavy atom. The first-order chi connectivity index (χ1) is 7.74. The van der Waals surface area contributed by atoms with Gasteiger partial charge >= 0.3 is 0 Å². The molecule has 16 heavy (non-hydrogen) atoms.